The normalized spacial score (nSPS) is 17.0. The van der Waals surface area contributed by atoms with Crippen LogP contribution >= 0.6 is 0 Å². The van der Waals surface area contributed by atoms with E-state index in [1.54, 1.807) is 0 Å². The molecule has 0 aliphatic heterocycles. The second kappa shape index (κ2) is 7.54. The second-order valence-corrected chi connectivity index (χ2v) is 10.2. The number of hydrogen-bond acceptors (Lipinski definition) is 3. The SMILES string of the molecule is CC(C)Cn1cc(CCNS(=O)(=O)N(C)C)c2ccc(C3(O)CCC3)cc21. The summed E-state index contributed by atoms with van der Waals surface area (Å²) in [6.07, 6.45) is 5.46. The third-order valence-electron chi connectivity index (χ3n) is 5.40. The predicted octanol–water partition coefficient (Wildman–Crippen LogP) is 2.61. The lowest BCUT2D eigenvalue weighted by atomic mass is 9.75. The minimum atomic E-state index is -3.41. The van der Waals surface area contributed by atoms with E-state index in [1.807, 2.05) is 6.07 Å². The van der Waals surface area contributed by atoms with Gasteiger partial charge in [-0.1, -0.05) is 26.0 Å². The Morgan fingerprint density at radius 1 is 1.30 bits per heavy atom. The summed E-state index contributed by atoms with van der Waals surface area (Å²) in [6.45, 7) is 5.61. The lowest BCUT2D eigenvalue weighted by Gasteiger charge is -2.37. The summed E-state index contributed by atoms with van der Waals surface area (Å²) in [5, 5.41) is 11.8. The van der Waals surface area contributed by atoms with E-state index in [0.717, 1.165) is 47.8 Å². The highest BCUT2D eigenvalue weighted by atomic mass is 32.2. The van der Waals surface area contributed by atoms with Gasteiger partial charge in [0.25, 0.3) is 10.2 Å². The monoisotopic (exact) mass is 393 g/mol. The fourth-order valence-corrected chi connectivity index (χ4v) is 4.26. The minimum absolute atomic E-state index is 0.354. The summed E-state index contributed by atoms with van der Waals surface area (Å²) in [5.74, 6) is 0.496. The zero-order valence-corrected chi connectivity index (χ0v) is 17.5. The molecule has 27 heavy (non-hydrogen) atoms. The van der Waals surface area contributed by atoms with Crippen molar-refractivity contribution in [2.45, 2.75) is 51.7 Å². The van der Waals surface area contributed by atoms with Gasteiger partial charge in [-0.2, -0.15) is 12.7 Å². The lowest BCUT2D eigenvalue weighted by Crippen LogP contribution is -2.36. The molecular formula is C20H31N3O3S. The molecule has 0 unspecified atom stereocenters. The molecule has 2 N–H and O–H groups in total. The minimum Gasteiger partial charge on any atom is -0.385 e. The van der Waals surface area contributed by atoms with Gasteiger partial charge in [0.2, 0.25) is 0 Å². The summed E-state index contributed by atoms with van der Waals surface area (Å²) in [6, 6.07) is 6.21. The molecule has 6 nitrogen and oxygen atoms in total. The first kappa shape index (κ1) is 20.3. The van der Waals surface area contributed by atoms with Gasteiger partial charge in [0.15, 0.2) is 0 Å². The van der Waals surface area contributed by atoms with E-state index < -0.39 is 15.8 Å². The van der Waals surface area contributed by atoms with E-state index in [9.17, 15) is 13.5 Å². The van der Waals surface area contributed by atoms with Gasteiger partial charge in [-0.15, -0.1) is 0 Å². The van der Waals surface area contributed by atoms with Gasteiger partial charge in [-0.25, -0.2) is 4.72 Å². The number of benzene rings is 1. The molecule has 0 atom stereocenters. The largest absolute Gasteiger partial charge is 0.385 e. The highest BCUT2D eigenvalue weighted by molar-refractivity contribution is 7.87. The molecule has 0 saturated heterocycles. The van der Waals surface area contributed by atoms with Crippen LogP contribution in [0.3, 0.4) is 0 Å². The number of hydrogen-bond donors (Lipinski definition) is 2. The van der Waals surface area contributed by atoms with Gasteiger partial charge in [0.1, 0.15) is 0 Å². The van der Waals surface area contributed by atoms with Gasteiger partial charge in [0, 0.05) is 44.3 Å². The van der Waals surface area contributed by atoms with Crippen LogP contribution in [0.1, 0.15) is 44.2 Å². The Morgan fingerprint density at radius 2 is 2.00 bits per heavy atom. The van der Waals surface area contributed by atoms with Crippen molar-refractivity contribution < 1.29 is 13.5 Å². The molecule has 0 radical (unpaired) electrons. The lowest BCUT2D eigenvalue weighted by molar-refractivity contribution is -0.0387. The molecule has 3 rings (SSSR count). The van der Waals surface area contributed by atoms with Crippen LogP contribution in [-0.2, 0) is 28.8 Å². The summed E-state index contributed by atoms with van der Waals surface area (Å²) >= 11 is 0. The van der Waals surface area contributed by atoms with Crippen LogP contribution in [0, 0.1) is 5.92 Å². The van der Waals surface area contributed by atoms with Crippen molar-refractivity contribution in [3.63, 3.8) is 0 Å². The Bertz CT molecular complexity index is 912. The Kier molecular flexibility index (Phi) is 5.68. The van der Waals surface area contributed by atoms with Crippen LogP contribution < -0.4 is 4.72 Å². The molecule has 150 valence electrons. The zero-order chi connectivity index (χ0) is 19.8. The quantitative estimate of drug-likeness (QED) is 0.724. The highest BCUT2D eigenvalue weighted by Gasteiger charge is 2.36. The number of rotatable bonds is 8. The van der Waals surface area contributed by atoms with Crippen molar-refractivity contribution in [3.8, 4) is 0 Å². The molecule has 1 aliphatic rings. The summed E-state index contributed by atoms with van der Waals surface area (Å²) in [7, 11) is -0.377. The van der Waals surface area contributed by atoms with Crippen molar-refractivity contribution in [1.82, 2.24) is 13.6 Å². The first-order chi connectivity index (χ1) is 12.6. The van der Waals surface area contributed by atoms with Crippen molar-refractivity contribution >= 4 is 21.1 Å². The van der Waals surface area contributed by atoms with Gasteiger partial charge in [0.05, 0.1) is 5.60 Å². The number of nitrogens with zero attached hydrogens (tertiary/aromatic N) is 2. The molecule has 1 aliphatic carbocycles. The average Bonchev–Trinajstić information content (AvgIpc) is 2.89. The number of nitrogens with one attached hydrogen (secondary N) is 1. The smallest absolute Gasteiger partial charge is 0.278 e. The predicted molar refractivity (Wildman–Crippen MR) is 109 cm³/mol. The topological polar surface area (TPSA) is 74.6 Å². The average molecular weight is 394 g/mol. The molecule has 1 aromatic heterocycles. The van der Waals surface area contributed by atoms with E-state index >= 15 is 0 Å². The third kappa shape index (κ3) is 4.21. The molecule has 2 aromatic rings. The number of fused-ring (bicyclic) bond motifs is 1. The van der Waals surface area contributed by atoms with Crippen LogP contribution in [0.2, 0.25) is 0 Å². The first-order valence-electron chi connectivity index (χ1n) is 9.64. The fraction of sp³-hybridized carbons (Fsp3) is 0.600. The van der Waals surface area contributed by atoms with Crippen LogP contribution in [0.15, 0.2) is 24.4 Å². The Hall–Kier alpha value is -1.41. The summed E-state index contributed by atoms with van der Waals surface area (Å²) in [4.78, 5) is 0. The first-order valence-corrected chi connectivity index (χ1v) is 11.1. The number of aliphatic hydroxyl groups is 1. The number of aromatic nitrogens is 1. The Balaban J connectivity index is 1.89. The van der Waals surface area contributed by atoms with E-state index in [1.165, 1.54) is 18.4 Å². The maximum atomic E-state index is 11.9. The van der Waals surface area contributed by atoms with E-state index in [2.05, 4.69) is 41.5 Å². The molecule has 1 heterocycles. The molecule has 1 saturated carbocycles. The molecule has 1 aromatic carbocycles. The van der Waals surface area contributed by atoms with E-state index in [-0.39, 0.29) is 0 Å². The van der Waals surface area contributed by atoms with Gasteiger partial charge in [-0.3, -0.25) is 0 Å². The summed E-state index contributed by atoms with van der Waals surface area (Å²) < 4.78 is 29.9. The van der Waals surface area contributed by atoms with Gasteiger partial charge < -0.3 is 9.67 Å². The Labute approximate surface area is 162 Å². The van der Waals surface area contributed by atoms with Gasteiger partial charge in [-0.05, 0) is 48.8 Å². The molecule has 7 heteroatoms. The third-order valence-corrected chi connectivity index (χ3v) is 6.93. The second-order valence-electron chi connectivity index (χ2n) is 8.25. The van der Waals surface area contributed by atoms with Crippen LogP contribution in [-0.4, -0.2) is 43.0 Å². The molecule has 0 bridgehead atoms. The van der Waals surface area contributed by atoms with Gasteiger partial charge >= 0.3 is 0 Å². The molecule has 0 spiro atoms. The zero-order valence-electron chi connectivity index (χ0n) is 16.7. The van der Waals surface area contributed by atoms with Crippen molar-refractivity contribution in [3.05, 3.63) is 35.5 Å². The van der Waals surface area contributed by atoms with Crippen molar-refractivity contribution in [1.29, 1.82) is 0 Å². The maximum Gasteiger partial charge on any atom is 0.278 e. The molecular weight excluding hydrogens is 362 g/mol. The molecule has 0 amide bonds. The Morgan fingerprint density at radius 3 is 2.56 bits per heavy atom. The van der Waals surface area contributed by atoms with Crippen LogP contribution in [0.25, 0.3) is 10.9 Å². The van der Waals surface area contributed by atoms with Crippen LogP contribution in [0.4, 0.5) is 0 Å². The van der Waals surface area contributed by atoms with Crippen LogP contribution in [0.5, 0.6) is 0 Å². The van der Waals surface area contributed by atoms with E-state index in [4.69, 9.17) is 0 Å². The molecule has 1 fully saturated rings. The van der Waals surface area contributed by atoms with Crippen molar-refractivity contribution in [2.24, 2.45) is 5.92 Å². The van der Waals surface area contributed by atoms with E-state index in [0.29, 0.717) is 18.9 Å². The highest BCUT2D eigenvalue weighted by Crippen LogP contribution is 2.42. The maximum absolute atomic E-state index is 11.9. The standard InChI is InChI=1S/C20H31N3O3S/c1-15(2)13-23-14-16(8-11-21-27(25,26)22(3)4)18-7-6-17(12-19(18)23)20(24)9-5-10-20/h6-7,12,14-15,21,24H,5,8-11,13H2,1-4H3. The fourth-order valence-electron chi connectivity index (χ4n) is 3.65. The summed E-state index contributed by atoms with van der Waals surface area (Å²) in [5.41, 5.74) is 2.55. The van der Waals surface area contributed by atoms with Crippen molar-refractivity contribution in [2.75, 3.05) is 20.6 Å².